The van der Waals surface area contributed by atoms with Crippen molar-refractivity contribution in [2.75, 3.05) is 0 Å². The van der Waals surface area contributed by atoms with Crippen LogP contribution in [-0.4, -0.2) is 17.7 Å². The van der Waals surface area contributed by atoms with E-state index < -0.39 is 11.8 Å². The molecule has 1 atom stereocenters. The van der Waals surface area contributed by atoms with E-state index in [1.54, 1.807) is 0 Å². The van der Waals surface area contributed by atoms with Gasteiger partial charge in [0, 0.05) is 16.0 Å². The number of nitrogens with two attached hydrogens (primary N) is 1. The predicted molar refractivity (Wildman–Crippen MR) is 109 cm³/mol. The molecule has 28 heavy (non-hydrogen) atoms. The first-order valence-electron chi connectivity index (χ1n) is 9.27. The van der Waals surface area contributed by atoms with Crippen LogP contribution in [0.4, 0.5) is 0 Å². The van der Waals surface area contributed by atoms with Crippen LogP contribution >= 0.6 is 11.3 Å². The maximum atomic E-state index is 12.4. The lowest BCUT2D eigenvalue weighted by atomic mass is 9.72. The van der Waals surface area contributed by atoms with Gasteiger partial charge in [0.1, 0.15) is 0 Å². The van der Waals surface area contributed by atoms with E-state index in [0.717, 1.165) is 19.3 Å². The lowest BCUT2D eigenvalue weighted by Gasteiger charge is -2.33. The van der Waals surface area contributed by atoms with Gasteiger partial charge in [-0.2, -0.15) is 0 Å². The summed E-state index contributed by atoms with van der Waals surface area (Å²) >= 11 is 1.49. The SMILES string of the molecule is CC(C)(C)C1CCc2sc(C(=O)NNC(=O)c3ccc(C(N)=O)cc3)cc2C1. The molecule has 1 aromatic carbocycles. The molecule has 0 saturated heterocycles. The Morgan fingerprint density at radius 2 is 1.64 bits per heavy atom. The fraction of sp³-hybridized carbons (Fsp3) is 0.381. The van der Waals surface area contributed by atoms with Crippen LogP contribution in [0.15, 0.2) is 30.3 Å². The number of carbonyl (C=O) groups excluding carboxylic acids is 3. The third kappa shape index (κ3) is 4.42. The maximum Gasteiger partial charge on any atom is 0.279 e. The molecule has 1 aromatic heterocycles. The van der Waals surface area contributed by atoms with Gasteiger partial charge in [-0.1, -0.05) is 20.8 Å². The second kappa shape index (κ2) is 7.75. The van der Waals surface area contributed by atoms with Crippen molar-refractivity contribution in [3.05, 3.63) is 56.8 Å². The van der Waals surface area contributed by atoms with E-state index in [-0.39, 0.29) is 11.3 Å². The highest BCUT2D eigenvalue weighted by atomic mass is 32.1. The van der Waals surface area contributed by atoms with Gasteiger partial charge < -0.3 is 5.73 Å². The zero-order chi connectivity index (χ0) is 20.5. The van der Waals surface area contributed by atoms with E-state index in [1.165, 1.54) is 46.0 Å². The summed E-state index contributed by atoms with van der Waals surface area (Å²) in [7, 11) is 0. The minimum absolute atomic E-state index is 0.250. The number of amides is 3. The molecule has 148 valence electrons. The van der Waals surface area contributed by atoms with Crippen molar-refractivity contribution < 1.29 is 14.4 Å². The van der Waals surface area contributed by atoms with Crippen molar-refractivity contribution >= 4 is 29.1 Å². The number of hydrogen-bond acceptors (Lipinski definition) is 4. The molecule has 4 N–H and O–H groups in total. The van der Waals surface area contributed by atoms with Gasteiger partial charge in [0.2, 0.25) is 5.91 Å². The lowest BCUT2D eigenvalue weighted by Crippen LogP contribution is -2.41. The highest BCUT2D eigenvalue weighted by Gasteiger charge is 2.30. The molecule has 0 bridgehead atoms. The van der Waals surface area contributed by atoms with Crippen LogP contribution in [0.2, 0.25) is 0 Å². The summed E-state index contributed by atoms with van der Waals surface area (Å²) in [5, 5.41) is 0. The first kappa shape index (κ1) is 20.1. The van der Waals surface area contributed by atoms with E-state index >= 15 is 0 Å². The highest BCUT2D eigenvalue weighted by Crippen LogP contribution is 2.40. The van der Waals surface area contributed by atoms with Gasteiger partial charge in [-0.3, -0.25) is 25.2 Å². The number of hydrazine groups is 1. The average Bonchev–Trinajstić information content (AvgIpc) is 3.08. The van der Waals surface area contributed by atoms with E-state index in [0.29, 0.717) is 21.9 Å². The fourth-order valence-electron chi connectivity index (χ4n) is 3.41. The molecule has 0 fully saturated rings. The monoisotopic (exact) mass is 399 g/mol. The van der Waals surface area contributed by atoms with E-state index in [9.17, 15) is 14.4 Å². The summed E-state index contributed by atoms with van der Waals surface area (Å²) in [6, 6.07) is 7.85. The number of aryl methyl sites for hydroxylation is 1. The number of benzene rings is 1. The molecule has 7 heteroatoms. The predicted octanol–water partition coefficient (Wildman–Crippen LogP) is 3.07. The van der Waals surface area contributed by atoms with E-state index in [2.05, 4.69) is 31.6 Å². The molecule has 3 rings (SSSR count). The number of nitrogens with one attached hydrogen (secondary N) is 2. The molecule has 1 aliphatic rings. The molecule has 0 saturated carbocycles. The molecular formula is C21H25N3O3S. The van der Waals surface area contributed by atoms with Crippen molar-refractivity contribution in [3.8, 4) is 0 Å². The van der Waals surface area contributed by atoms with Gasteiger partial charge in [-0.15, -0.1) is 11.3 Å². The topological polar surface area (TPSA) is 101 Å². The van der Waals surface area contributed by atoms with Crippen molar-refractivity contribution in [2.45, 2.75) is 40.0 Å². The Morgan fingerprint density at radius 3 is 2.25 bits per heavy atom. The van der Waals surface area contributed by atoms with Gasteiger partial charge in [0.25, 0.3) is 11.8 Å². The molecule has 1 aliphatic carbocycles. The molecule has 2 aromatic rings. The fourth-order valence-corrected chi connectivity index (χ4v) is 4.51. The summed E-state index contributed by atoms with van der Waals surface area (Å²) < 4.78 is 0. The van der Waals surface area contributed by atoms with Crippen LogP contribution in [-0.2, 0) is 12.8 Å². The Bertz CT molecular complexity index is 910. The van der Waals surface area contributed by atoms with E-state index in [1.807, 2.05) is 6.07 Å². The summed E-state index contributed by atoms with van der Waals surface area (Å²) in [6.45, 7) is 6.77. The molecule has 3 amide bonds. The number of thiophene rings is 1. The van der Waals surface area contributed by atoms with Gasteiger partial charge in [-0.25, -0.2) is 0 Å². The molecule has 1 unspecified atom stereocenters. The number of primary amides is 1. The zero-order valence-corrected chi connectivity index (χ0v) is 17.1. The summed E-state index contributed by atoms with van der Waals surface area (Å²) in [6.07, 6.45) is 3.12. The quantitative estimate of drug-likeness (QED) is 0.691. The van der Waals surface area contributed by atoms with Crippen LogP contribution in [0.25, 0.3) is 0 Å². The molecule has 0 spiro atoms. The third-order valence-corrected chi connectivity index (χ3v) is 6.49. The van der Waals surface area contributed by atoms with Gasteiger partial charge in [0.15, 0.2) is 0 Å². The number of fused-ring (bicyclic) bond motifs is 1. The number of carbonyl (C=O) groups is 3. The van der Waals surface area contributed by atoms with Gasteiger partial charge >= 0.3 is 0 Å². The normalized spacial score (nSPS) is 16.2. The molecule has 1 heterocycles. The maximum absolute atomic E-state index is 12.4. The average molecular weight is 400 g/mol. The van der Waals surface area contributed by atoms with Gasteiger partial charge in [0.05, 0.1) is 4.88 Å². The second-order valence-electron chi connectivity index (χ2n) is 8.21. The molecule has 0 radical (unpaired) electrons. The Balaban J connectivity index is 1.61. The minimum atomic E-state index is -0.560. The summed E-state index contributed by atoms with van der Waals surface area (Å²) in [5.74, 6) is -0.739. The minimum Gasteiger partial charge on any atom is -0.366 e. The largest absolute Gasteiger partial charge is 0.366 e. The standard InChI is InChI=1S/C21H25N3O3S/c1-21(2,3)15-8-9-16-14(10-15)11-17(28-16)20(27)24-23-19(26)13-6-4-12(5-7-13)18(22)25/h4-7,11,15H,8-10H2,1-3H3,(H2,22,25)(H,23,26)(H,24,27). The first-order valence-corrected chi connectivity index (χ1v) is 10.1. The Kier molecular flexibility index (Phi) is 5.56. The second-order valence-corrected chi connectivity index (χ2v) is 9.35. The lowest BCUT2D eigenvalue weighted by molar-refractivity contribution is 0.0849. The zero-order valence-electron chi connectivity index (χ0n) is 16.3. The van der Waals surface area contributed by atoms with Crippen LogP contribution in [0.1, 0.15) is 68.0 Å². The van der Waals surface area contributed by atoms with Crippen LogP contribution in [0.5, 0.6) is 0 Å². The first-order chi connectivity index (χ1) is 13.1. The number of hydrogen-bond donors (Lipinski definition) is 3. The van der Waals surface area contributed by atoms with Crippen molar-refractivity contribution in [3.63, 3.8) is 0 Å². The smallest absolute Gasteiger partial charge is 0.279 e. The van der Waals surface area contributed by atoms with Gasteiger partial charge in [-0.05, 0) is 66.5 Å². The van der Waals surface area contributed by atoms with Crippen molar-refractivity contribution in [1.82, 2.24) is 10.9 Å². The van der Waals surface area contributed by atoms with Crippen LogP contribution in [0.3, 0.4) is 0 Å². The van der Waals surface area contributed by atoms with Crippen molar-refractivity contribution in [1.29, 1.82) is 0 Å². The van der Waals surface area contributed by atoms with Crippen molar-refractivity contribution in [2.24, 2.45) is 17.1 Å². The molecular weight excluding hydrogens is 374 g/mol. The summed E-state index contributed by atoms with van der Waals surface area (Å²) in [5.41, 5.74) is 12.2. The Morgan fingerprint density at radius 1 is 1.04 bits per heavy atom. The Labute approximate surface area is 168 Å². The number of rotatable bonds is 3. The van der Waals surface area contributed by atoms with E-state index in [4.69, 9.17) is 5.73 Å². The Hall–Kier alpha value is -2.67. The summed E-state index contributed by atoms with van der Waals surface area (Å²) in [4.78, 5) is 37.6. The molecule has 0 aliphatic heterocycles. The highest BCUT2D eigenvalue weighted by molar-refractivity contribution is 7.14. The molecule has 6 nitrogen and oxygen atoms in total. The van der Waals surface area contributed by atoms with Crippen LogP contribution in [0, 0.1) is 11.3 Å². The van der Waals surface area contributed by atoms with Crippen LogP contribution < -0.4 is 16.6 Å². The third-order valence-electron chi connectivity index (χ3n) is 5.25.